The maximum atomic E-state index is 13.4. The van der Waals surface area contributed by atoms with Crippen LogP contribution in [0.1, 0.15) is 30.4 Å². The highest BCUT2D eigenvalue weighted by molar-refractivity contribution is 5.47. The van der Waals surface area contributed by atoms with Gasteiger partial charge in [-0.2, -0.15) is 0 Å². The smallest absolute Gasteiger partial charge is 0.250 e. The van der Waals surface area contributed by atoms with Gasteiger partial charge in [-0.25, -0.2) is 8.78 Å². The molecule has 0 N–H and O–H groups in total. The van der Waals surface area contributed by atoms with E-state index in [1.807, 2.05) is 12.1 Å². The van der Waals surface area contributed by atoms with Gasteiger partial charge in [0.15, 0.2) is 0 Å². The summed E-state index contributed by atoms with van der Waals surface area (Å²) in [5.74, 6) is -1.95. The van der Waals surface area contributed by atoms with Crippen molar-refractivity contribution >= 4 is 0 Å². The minimum absolute atomic E-state index is 0.00337. The zero-order valence-corrected chi connectivity index (χ0v) is 13.8. The first-order valence-electron chi connectivity index (χ1n) is 8.81. The number of halogens is 2. The van der Waals surface area contributed by atoms with Crippen molar-refractivity contribution in [3.8, 4) is 0 Å². The third-order valence-electron chi connectivity index (χ3n) is 5.75. The first-order chi connectivity index (χ1) is 11.6. The van der Waals surface area contributed by atoms with Gasteiger partial charge in [0.05, 0.1) is 0 Å². The Morgan fingerprint density at radius 1 is 0.833 bits per heavy atom. The van der Waals surface area contributed by atoms with E-state index in [9.17, 15) is 8.78 Å². The van der Waals surface area contributed by atoms with Gasteiger partial charge in [0, 0.05) is 37.9 Å². The molecule has 2 aliphatic rings. The van der Waals surface area contributed by atoms with Crippen LogP contribution in [0.5, 0.6) is 0 Å². The number of hydrogen-bond acceptors (Lipinski definition) is 1. The van der Waals surface area contributed by atoms with Crippen molar-refractivity contribution < 1.29 is 8.78 Å². The van der Waals surface area contributed by atoms with Gasteiger partial charge in [-0.05, 0) is 23.5 Å². The van der Waals surface area contributed by atoms with Crippen molar-refractivity contribution in [2.45, 2.75) is 30.6 Å². The van der Waals surface area contributed by atoms with Crippen LogP contribution < -0.4 is 0 Å². The van der Waals surface area contributed by atoms with Crippen LogP contribution in [0.2, 0.25) is 0 Å². The topological polar surface area (TPSA) is 3.24 Å². The molecule has 2 aromatic rings. The van der Waals surface area contributed by atoms with E-state index < -0.39 is 5.92 Å². The van der Waals surface area contributed by atoms with E-state index in [2.05, 4.69) is 53.4 Å². The predicted molar refractivity (Wildman–Crippen MR) is 92.4 cm³/mol. The number of nitrogens with zero attached hydrogens (tertiary/aromatic N) is 1. The summed E-state index contributed by atoms with van der Waals surface area (Å²) in [6.07, 6.45) is 1.11. The Morgan fingerprint density at radius 3 is 1.83 bits per heavy atom. The lowest BCUT2D eigenvalue weighted by atomic mass is 9.85. The number of rotatable bonds is 4. The van der Waals surface area contributed by atoms with Gasteiger partial charge in [-0.1, -0.05) is 60.7 Å². The molecule has 1 atom stereocenters. The van der Waals surface area contributed by atoms with Crippen molar-refractivity contribution in [3.05, 3.63) is 71.8 Å². The molecule has 24 heavy (non-hydrogen) atoms. The second kappa shape index (κ2) is 5.96. The Morgan fingerprint density at radius 2 is 1.33 bits per heavy atom. The van der Waals surface area contributed by atoms with Crippen LogP contribution in [0, 0.1) is 5.92 Å². The van der Waals surface area contributed by atoms with Crippen LogP contribution >= 0.6 is 0 Å². The van der Waals surface area contributed by atoms with E-state index in [-0.39, 0.29) is 18.3 Å². The van der Waals surface area contributed by atoms with Crippen molar-refractivity contribution in [1.29, 1.82) is 0 Å². The molecule has 1 nitrogen and oxygen atoms in total. The second-order valence-corrected chi connectivity index (χ2v) is 7.26. The van der Waals surface area contributed by atoms with E-state index in [1.54, 1.807) is 0 Å². The van der Waals surface area contributed by atoms with Crippen LogP contribution in [-0.4, -0.2) is 30.5 Å². The molecule has 3 heteroatoms. The summed E-state index contributed by atoms with van der Waals surface area (Å²) < 4.78 is 26.8. The van der Waals surface area contributed by atoms with Gasteiger partial charge in [0.2, 0.25) is 0 Å². The number of benzene rings is 2. The van der Waals surface area contributed by atoms with Gasteiger partial charge in [-0.15, -0.1) is 0 Å². The molecule has 1 saturated heterocycles. The van der Waals surface area contributed by atoms with E-state index in [4.69, 9.17) is 0 Å². The van der Waals surface area contributed by atoms with Crippen molar-refractivity contribution in [3.63, 3.8) is 0 Å². The molecular weight excluding hydrogens is 304 g/mol. The number of piperidine rings is 1. The summed E-state index contributed by atoms with van der Waals surface area (Å²) in [7, 11) is 0. The molecule has 0 spiro atoms. The van der Waals surface area contributed by atoms with Crippen LogP contribution in [-0.2, 0) is 5.41 Å². The van der Waals surface area contributed by atoms with Gasteiger partial charge in [-0.3, -0.25) is 0 Å². The Balaban J connectivity index is 1.55. The fraction of sp³-hybridized carbons (Fsp3) is 0.429. The van der Waals surface area contributed by atoms with Crippen molar-refractivity contribution in [2.24, 2.45) is 5.92 Å². The fourth-order valence-electron chi connectivity index (χ4n) is 4.27. The largest absolute Gasteiger partial charge is 0.303 e. The zero-order valence-electron chi connectivity index (χ0n) is 13.8. The van der Waals surface area contributed by atoms with Crippen LogP contribution in [0.3, 0.4) is 0 Å². The minimum Gasteiger partial charge on any atom is -0.303 e. The molecule has 2 fully saturated rings. The summed E-state index contributed by atoms with van der Waals surface area (Å²) in [6, 6.07) is 21.3. The van der Waals surface area contributed by atoms with Gasteiger partial charge >= 0.3 is 0 Å². The lowest BCUT2D eigenvalue weighted by Gasteiger charge is -2.32. The molecule has 1 aliphatic carbocycles. The Kier molecular flexibility index (Phi) is 3.92. The summed E-state index contributed by atoms with van der Waals surface area (Å²) in [5.41, 5.74) is 2.76. The highest BCUT2D eigenvalue weighted by atomic mass is 19.3. The lowest BCUT2D eigenvalue weighted by molar-refractivity contribution is -0.0559. The fourth-order valence-corrected chi connectivity index (χ4v) is 4.27. The molecule has 4 rings (SSSR count). The molecule has 0 radical (unpaired) electrons. The highest BCUT2D eigenvalue weighted by Gasteiger charge is 2.56. The molecule has 126 valence electrons. The van der Waals surface area contributed by atoms with E-state index >= 15 is 0 Å². The van der Waals surface area contributed by atoms with Crippen LogP contribution in [0.4, 0.5) is 8.78 Å². The summed E-state index contributed by atoms with van der Waals surface area (Å²) >= 11 is 0. The van der Waals surface area contributed by atoms with Gasteiger partial charge in [0.1, 0.15) is 0 Å². The highest BCUT2D eigenvalue weighted by Crippen LogP contribution is 2.59. The summed E-state index contributed by atoms with van der Waals surface area (Å²) in [6.45, 7) is 1.95. The van der Waals surface area contributed by atoms with Crippen LogP contribution in [0.25, 0.3) is 0 Å². The maximum Gasteiger partial charge on any atom is 0.250 e. The SMILES string of the molecule is FC1(F)CCN(C[C@H]2CC2(c2ccccc2)c2ccccc2)CC1. The Labute approximate surface area is 142 Å². The molecule has 1 aliphatic heterocycles. The monoisotopic (exact) mass is 327 g/mol. The standard InChI is InChI=1S/C21H23F2N/c22-20(23)11-13-24(14-12-20)16-19-15-21(19,17-7-3-1-4-8-17)18-9-5-2-6-10-18/h1-10,19H,11-16H2/t19-/m1/s1. The second-order valence-electron chi connectivity index (χ2n) is 7.26. The Bertz CT molecular complexity index is 634. The predicted octanol–water partition coefficient (Wildman–Crippen LogP) is 4.72. The van der Waals surface area contributed by atoms with E-state index in [0.29, 0.717) is 19.0 Å². The van der Waals surface area contributed by atoms with E-state index in [1.165, 1.54) is 11.1 Å². The number of hydrogen-bond donors (Lipinski definition) is 0. The summed E-state index contributed by atoms with van der Waals surface area (Å²) in [5, 5.41) is 0. The van der Waals surface area contributed by atoms with Crippen molar-refractivity contribution in [1.82, 2.24) is 4.90 Å². The molecule has 1 heterocycles. The molecule has 1 saturated carbocycles. The quantitative estimate of drug-likeness (QED) is 0.785. The van der Waals surface area contributed by atoms with Gasteiger partial charge in [0.25, 0.3) is 5.92 Å². The van der Waals surface area contributed by atoms with Gasteiger partial charge < -0.3 is 4.90 Å². The Hall–Kier alpha value is -1.74. The molecular formula is C21H23F2N. The zero-order chi connectivity index (χ0) is 16.6. The minimum atomic E-state index is -2.46. The maximum absolute atomic E-state index is 13.4. The first kappa shape index (κ1) is 15.8. The lowest BCUT2D eigenvalue weighted by Crippen LogP contribution is -2.40. The molecule has 2 aromatic carbocycles. The molecule has 0 aromatic heterocycles. The third-order valence-corrected chi connectivity index (χ3v) is 5.75. The average molecular weight is 327 g/mol. The average Bonchev–Trinajstić information content (AvgIpc) is 3.34. The normalized spacial score (nSPS) is 25.3. The molecule has 0 bridgehead atoms. The van der Waals surface area contributed by atoms with E-state index in [0.717, 1.165) is 13.0 Å². The van der Waals surface area contributed by atoms with Crippen molar-refractivity contribution in [2.75, 3.05) is 19.6 Å². The summed E-state index contributed by atoms with van der Waals surface area (Å²) in [4.78, 5) is 2.23. The van der Waals surface area contributed by atoms with Crippen LogP contribution in [0.15, 0.2) is 60.7 Å². The third kappa shape index (κ3) is 2.86. The first-order valence-corrected chi connectivity index (χ1v) is 8.81. The molecule has 0 amide bonds. The molecule has 0 unspecified atom stereocenters. The number of likely N-dealkylation sites (tertiary alicyclic amines) is 1. The number of alkyl halides is 2.